The molecule has 0 saturated heterocycles. The van der Waals surface area contributed by atoms with Gasteiger partial charge in [0.15, 0.2) is 0 Å². The third-order valence-electron chi connectivity index (χ3n) is 5.98. The van der Waals surface area contributed by atoms with Crippen molar-refractivity contribution in [2.45, 2.75) is 97.7 Å². The molecule has 0 aliphatic heterocycles. The van der Waals surface area contributed by atoms with E-state index in [1.807, 2.05) is 0 Å². The van der Waals surface area contributed by atoms with Crippen LogP contribution in [-0.2, 0) is 38.7 Å². The number of hydrogen-bond acceptors (Lipinski definition) is 28. The van der Waals surface area contributed by atoms with Gasteiger partial charge in [-0.1, -0.05) is 0 Å². The Bertz CT molecular complexity index is 848. The van der Waals surface area contributed by atoms with Crippen LogP contribution in [0.15, 0.2) is 0 Å². The first-order valence-corrected chi connectivity index (χ1v) is 13.8. The molecule has 0 saturated carbocycles. The molecule has 28 nitrogen and oxygen atoms in total. The summed E-state index contributed by atoms with van der Waals surface area (Å²) in [6, 6.07) is 0. The Balaban J connectivity index is -0.000000140. The van der Waals surface area contributed by atoms with Crippen molar-refractivity contribution in [1.82, 2.24) is 0 Å². The maximum atomic E-state index is 9.98. The molecule has 0 heterocycles. The van der Waals surface area contributed by atoms with Crippen molar-refractivity contribution in [3.05, 3.63) is 0 Å². The van der Waals surface area contributed by atoms with Crippen LogP contribution in [0.2, 0.25) is 0 Å². The first kappa shape index (κ1) is 64.6. The van der Waals surface area contributed by atoms with Crippen LogP contribution in [0, 0.1) is 0 Å². The van der Waals surface area contributed by atoms with E-state index < -0.39 is 148 Å². The molecular formula is C24H44NaO28Ru. The van der Waals surface area contributed by atoms with Crippen molar-refractivity contribution in [3.8, 4) is 0 Å². The molecule has 0 aromatic heterocycles. The van der Waals surface area contributed by atoms with Gasteiger partial charge in [0, 0.05) is 0 Å². The summed E-state index contributed by atoms with van der Waals surface area (Å²) in [6.45, 7) is -3.45. The van der Waals surface area contributed by atoms with Crippen LogP contribution in [-0.4, -0.2) is 250 Å². The monoisotopic (exact) mass is 905 g/mol. The molecule has 16 unspecified atom stereocenters. The molecule has 0 fully saturated rings. The predicted octanol–water partition coefficient (Wildman–Crippen LogP) is -22.3. The van der Waals surface area contributed by atoms with Crippen LogP contribution >= 0.6 is 0 Å². The minimum atomic E-state index is -2.31. The van der Waals surface area contributed by atoms with Gasteiger partial charge >= 0.3 is 49.0 Å². The van der Waals surface area contributed by atoms with Crippen molar-refractivity contribution in [2.24, 2.45) is 0 Å². The molecule has 317 valence electrons. The van der Waals surface area contributed by atoms with Crippen molar-refractivity contribution >= 4 is 23.9 Å². The molecule has 20 N–H and O–H groups in total. The largest absolute Gasteiger partial charge is 3.00 e. The van der Waals surface area contributed by atoms with Crippen molar-refractivity contribution in [2.75, 3.05) is 26.4 Å². The van der Waals surface area contributed by atoms with E-state index in [0.717, 1.165) is 0 Å². The summed E-state index contributed by atoms with van der Waals surface area (Å²) in [5.41, 5.74) is 0. The molecule has 0 amide bonds. The second kappa shape index (κ2) is 33.8. The molecule has 16 atom stereocenters. The zero-order valence-electron chi connectivity index (χ0n) is 27.6. The molecule has 0 aliphatic carbocycles. The molecule has 0 aromatic carbocycles. The van der Waals surface area contributed by atoms with Gasteiger partial charge in [0.2, 0.25) is 0 Å². The number of carbonyl (C=O) groups excluding carboxylic acids is 4. The number of carbonyl (C=O) groups is 4. The minimum Gasteiger partial charge on any atom is -0.547 e. The van der Waals surface area contributed by atoms with E-state index in [4.69, 9.17) is 102 Å². The molecule has 30 heteroatoms. The average Bonchev–Trinajstić information content (AvgIpc) is 3.12. The zero-order valence-corrected chi connectivity index (χ0v) is 31.4. The Kier molecular flexibility index (Phi) is 40.4. The van der Waals surface area contributed by atoms with Crippen molar-refractivity contribution < 1.29 is 191 Å². The number of aliphatic hydroxyl groups is 20. The van der Waals surface area contributed by atoms with Crippen LogP contribution in [0.5, 0.6) is 0 Å². The number of carboxylic acids is 4. The number of aliphatic carboxylic acids is 4. The molecule has 54 heavy (non-hydrogen) atoms. The van der Waals surface area contributed by atoms with Crippen LogP contribution in [0.1, 0.15) is 0 Å². The zero-order chi connectivity index (χ0) is 42.4. The maximum Gasteiger partial charge on any atom is 3.00 e. The Morgan fingerprint density at radius 1 is 0.315 bits per heavy atom. The first-order chi connectivity index (χ1) is 23.7. The van der Waals surface area contributed by atoms with Gasteiger partial charge in [0.1, 0.15) is 97.7 Å². The molecule has 0 aliphatic rings. The second-order valence-electron chi connectivity index (χ2n) is 9.98. The van der Waals surface area contributed by atoms with E-state index in [1.54, 1.807) is 0 Å². The Morgan fingerprint density at radius 2 is 0.426 bits per heavy atom. The minimum absolute atomic E-state index is 0. The summed E-state index contributed by atoms with van der Waals surface area (Å²) in [5.74, 6) is -7.90. The van der Waals surface area contributed by atoms with E-state index in [-0.39, 0.29) is 49.0 Å². The number of aliphatic hydroxyl groups excluding tert-OH is 20. The SMILES string of the molecule is O=C([O-])C(O)C(O)C(O)C(O)CO.O=C([O-])C(O)C(O)C(O)C(O)CO.O=C([O-])C(O)C(O)C(O)C(O)CO.O=C([O-])C(O)C(O)C(O)C(O)CO.[Na+].[Ru+3]. The Hall–Kier alpha value is -1.30. The van der Waals surface area contributed by atoms with E-state index in [2.05, 4.69) is 0 Å². The fourth-order valence-corrected chi connectivity index (χ4v) is 2.65. The maximum absolute atomic E-state index is 9.98. The summed E-state index contributed by atoms with van der Waals surface area (Å²) in [4.78, 5) is 39.9. The summed E-state index contributed by atoms with van der Waals surface area (Å²) < 4.78 is 0. The topological polar surface area (TPSA) is 565 Å². The number of hydrogen-bond donors (Lipinski definition) is 20. The standard InChI is InChI=1S/4C6H12O7.Na.Ru/c4*7-1-2(8)3(9)4(10)5(11)6(12)13;;/h4*2-5,7-11H,1H2,(H,12,13);;/q;;;;+1;+3/p-4. The molecule has 0 aromatic rings. The fraction of sp³-hybridized carbons (Fsp3) is 0.833. The normalized spacial score (nSPS) is 19.6. The predicted molar refractivity (Wildman–Crippen MR) is 144 cm³/mol. The Labute approximate surface area is 337 Å². The molecule has 1 radical (unpaired) electrons. The quantitative estimate of drug-likeness (QED) is 0.0504. The van der Waals surface area contributed by atoms with Crippen molar-refractivity contribution in [3.63, 3.8) is 0 Å². The molecule has 0 bridgehead atoms. The van der Waals surface area contributed by atoms with Gasteiger partial charge in [-0.05, 0) is 0 Å². The molecule has 0 spiro atoms. The third-order valence-corrected chi connectivity index (χ3v) is 5.98. The first-order valence-electron chi connectivity index (χ1n) is 13.8. The van der Waals surface area contributed by atoms with Gasteiger partial charge < -0.3 is 142 Å². The van der Waals surface area contributed by atoms with Crippen molar-refractivity contribution in [1.29, 1.82) is 0 Å². The number of carboxylic acid groups (broad SMARTS) is 4. The average molecular weight is 905 g/mol. The van der Waals surface area contributed by atoms with E-state index in [0.29, 0.717) is 0 Å². The fourth-order valence-electron chi connectivity index (χ4n) is 2.65. The molecule has 0 rings (SSSR count). The van der Waals surface area contributed by atoms with Gasteiger partial charge in [-0.25, -0.2) is 0 Å². The van der Waals surface area contributed by atoms with Crippen LogP contribution in [0.4, 0.5) is 0 Å². The van der Waals surface area contributed by atoms with Gasteiger partial charge in [-0.2, -0.15) is 0 Å². The van der Waals surface area contributed by atoms with E-state index >= 15 is 0 Å². The second-order valence-corrected chi connectivity index (χ2v) is 9.98. The third kappa shape index (κ3) is 25.1. The van der Waals surface area contributed by atoms with Crippen LogP contribution < -0.4 is 50.0 Å². The van der Waals surface area contributed by atoms with Gasteiger partial charge in [-0.15, -0.1) is 0 Å². The van der Waals surface area contributed by atoms with Crippen LogP contribution in [0.25, 0.3) is 0 Å². The van der Waals surface area contributed by atoms with E-state index in [1.165, 1.54) is 0 Å². The summed E-state index contributed by atoms with van der Waals surface area (Å²) in [5, 5.41) is 214. The molecular weight excluding hydrogens is 860 g/mol. The smallest absolute Gasteiger partial charge is 0.547 e. The summed E-state index contributed by atoms with van der Waals surface area (Å²) in [7, 11) is 0. The van der Waals surface area contributed by atoms with Crippen LogP contribution in [0.3, 0.4) is 0 Å². The van der Waals surface area contributed by atoms with Gasteiger partial charge in [0.05, 0.1) is 50.3 Å². The van der Waals surface area contributed by atoms with Gasteiger partial charge in [-0.3, -0.25) is 0 Å². The Morgan fingerprint density at radius 3 is 0.500 bits per heavy atom. The van der Waals surface area contributed by atoms with E-state index in [9.17, 15) is 39.6 Å². The van der Waals surface area contributed by atoms with Gasteiger partial charge in [0.25, 0.3) is 0 Å². The summed E-state index contributed by atoms with van der Waals surface area (Å²) in [6.07, 6.45) is -32.3. The number of rotatable bonds is 20. The summed E-state index contributed by atoms with van der Waals surface area (Å²) >= 11 is 0.